The van der Waals surface area contributed by atoms with Crippen LogP contribution in [0.5, 0.6) is 0 Å². The van der Waals surface area contributed by atoms with Gasteiger partial charge in [-0.2, -0.15) is 0 Å². The molecule has 0 amide bonds. The van der Waals surface area contributed by atoms with E-state index in [9.17, 15) is 0 Å². The highest BCUT2D eigenvalue weighted by atomic mass is 79.9. The fourth-order valence-electron chi connectivity index (χ4n) is 1.80. The molecule has 0 aliphatic heterocycles. The van der Waals surface area contributed by atoms with Gasteiger partial charge in [0.1, 0.15) is 0 Å². The maximum absolute atomic E-state index is 5.56. The van der Waals surface area contributed by atoms with Crippen molar-refractivity contribution in [3.05, 3.63) is 34.4 Å². The smallest absolute Gasteiger partial charge is 0.0495 e. The molecule has 14 heavy (non-hydrogen) atoms. The fourth-order valence-corrected chi connectivity index (χ4v) is 2.56. The van der Waals surface area contributed by atoms with Crippen LogP contribution < -0.4 is 5.73 Å². The van der Waals surface area contributed by atoms with Gasteiger partial charge >= 0.3 is 0 Å². The molecule has 0 aliphatic rings. The van der Waals surface area contributed by atoms with Crippen molar-refractivity contribution in [2.24, 2.45) is 5.73 Å². The van der Waals surface area contributed by atoms with Crippen LogP contribution in [0.3, 0.4) is 0 Å². The molecule has 0 bridgehead atoms. The molecule has 1 heterocycles. The summed E-state index contributed by atoms with van der Waals surface area (Å²) in [7, 11) is 0. The van der Waals surface area contributed by atoms with Gasteiger partial charge in [0, 0.05) is 34.7 Å². The van der Waals surface area contributed by atoms with Gasteiger partial charge in [-0.25, -0.2) is 0 Å². The van der Waals surface area contributed by atoms with E-state index in [1.807, 2.05) is 0 Å². The number of aromatic nitrogens is 1. The molecule has 3 heteroatoms. The van der Waals surface area contributed by atoms with Gasteiger partial charge in [-0.05, 0) is 34.5 Å². The maximum Gasteiger partial charge on any atom is 0.0495 e. The summed E-state index contributed by atoms with van der Waals surface area (Å²) in [6, 6.07) is 6.33. The zero-order valence-electron chi connectivity index (χ0n) is 8.13. The van der Waals surface area contributed by atoms with E-state index in [-0.39, 0.29) is 0 Å². The topological polar surface area (TPSA) is 30.9 Å². The van der Waals surface area contributed by atoms with Crippen LogP contribution in [0, 0.1) is 6.92 Å². The minimum absolute atomic E-state index is 0.671. The first-order valence-corrected chi connectivity index (χ1v) is 5.47. The molecule has 2 rings (SSSR count). The van der Waals surface area contributed by atoms with Gasteiger partial charge in [-0.3, -0.25) is 0 Å². The van der Waals surface area contributed by atoms with Crippen LogP contribution in [0.15, 0.2) is 28.9 Å². The van der Waals surface area contributed by atoms with E-state index in [4.69, 9.17) is 5.73 Å². The van der Waals surface area contributed by atoms with Crippen LogP contribution in [-0.2, 0) is 6.54 Å². The minimum atomic E-state index is 0.671. The van der Waals surface area contributed by atoms with Gasteiger partial charge in [0.25, 0.3) is 0 Å². The number of rotatable bonds is 2. The molecule has 0 fully saturated rings. The predicted molar refractivity (Wildman–Crippen MR) is 63.4 cm³/mol. The Morgan fingerprint density at radius 1 is 1.43 bits per heavy atom. The molecule has 0 radical (unpaired) electrons. The Bertz CT molecular complexity index is 460. The molecular weight excluding hydrogens is 240 g/mol. The van der Waals surface area contributed by atoms with Crippen molar-refractivity contribution in [2.45, 2.75) is 13.5 Å². The molecule has 2 N–H and O–H groups in total. The summed E-state index contributed by atoms with van der Waals surface area (Å²) in [5, 5.41) is 1.29. The van der Waals surface area contributed by atoms with Crippen LogP contribution in [0.1, 0.15) is 5.56 Å². The molecule has 0 aliphatic carbocycles. The third-order valence-electron chi connectivity index (χ3n) is 2.44. The van der Waals surface area contributed by atoms with Crippen molar-refractivity contribution in [3.8, 4) is 0 Å². The Morgan fingerprint density at radius 2 is 2.21 bits per heavy atom. The largest absolute Gasteiger partial charge is 0.345 e. The number of nitrogens with two attached hydrogens (primary N) is 1. The molecule has 0 spiro atoms. The molecule has 0 unspecified atom stereocenters. The lowest BCUT2D eigenvalue weighted by Crippen LogP contribution is -2.08. The Morgan fingerprint density at radius 3 is 2.93 bits per heavy atom. The van der Waals surface area contributed by atoms with Crippen molar-refractivity contribution in [3.63, 3.8) is 0 Å². The molecule has 2 aromatic rings. The van der Waals surface area contributed by atoms with Crippen LogP contribution in [0.25, 0.3) is 10.9 Å². The molecule has 74 valence electrons. The average Bonchev–Trinajstić information content (AvgIpc) is 2.46. The molecular formula is C11H13BrN2. The van der Waals surface area contributed by atoms with E-state index in [1.165, 1.54) is 16.5 Å². The third-order valence-corrected chi connectivity index (χ3v) is 3.04. The van der Waals surface area contributed by atoms with E-state index in [2.05, 4.69) is 51.8 Å². The maximum atomic E-state index is 5.56. The normalized spacial score (nSPS) is 11.1. The van der Waals surface area contributed by atoms with Crippen molar-refractivity contribution in [1.29, 1.82) is 0 Å². The van der Waals surface area contributed by atoms with Crippen molar-refractivity contribution in [2.75, 3.05) is 6.54 Å². The monoisotopic (exact) mass is 252 g/mol. The Balaban J connectivity index is 2.71. The number of nitrogens with zero attached hydrogens (tertiary/aromatic N) is 1. The highest BCUT2D eigenvalue weighted by Gasteiger charge is 2.07. The average molecular weight is 253 g/mol. The predicted octanol–water partition coefficient (Wildman–Crippen LogP) is 2.67. The Hall–Kier alpha value is -0.800. The number of benzene rings is 1. The minimum Gasteiger partial charge on any atom is -0.345 e. The van der Waals surface area contributed by atoms with Crippen molar-refractivity contribution >= 4 is 26.8 Å². The molecule has 2 nitrogen and oxygen atoms in total. The highest BCUT2D eigenvalue weighted by molar-refractivity contribution is 9.10. The van der Waals surface area contributed by atoms with E-state index in [0.29, 0.717) is 6.54 Å². The Labute approximate surface area is 91.8 Å². The van der Waals surface area contributed by atoms with Gasteiger partial charge in [0.05, 0.1) is 0 Å². The second-order valence-corrected chi connectivity index (χ2v) is 4.28. The van der Waals surface area contributed by atoms with Crippen LogP contribution in [0.4, 0.5) is 0 Å². The lowest BCUT2D eigenvalue weighted by atomic mass is 10.1. The molecule has 1 aromatic carbocycles. The van der Waals surface area contributed by atoms with Crippen molar-refractivity contribution in [1.82, 2.24) is 4.57 Å². The second-order valence-electron chi connectivity index (χ2n) is 3.43. The summed E-state index contributed by atoms with van der Waals surface area (Å²) in [6.45, 7) is 3.66. The molecule has 0 atom stereocenters. The van der Waals surface area contributed by atoms with Crippen molar-refractivity contribution < 1.29 is 0 Å². The molecule has 0 saturated heterocycles. The van der Waals surface area contributed by atoms with Crippen LogP contribution >= 0.6 is 15.9 Å². The first-order valence-electron chi connectivity index (χ1n) is 4.68. The van der Waals surface area contributed by atoms with E-state index >= 15 is 0 Å². The Kier molecular flexibility index (Phi) is 2.61. The quantitative estimate of drug-likeness (QED) is 0.876. The lowest BCUT2D eigenvalue weighted by molar-refractivity contribution is 0.734. The summed E-state index contributed by atoms with van der Waals surface area (Å²) < 4.78 is 3.34. The van der Waals surface area contributed by atoms with Gasteiger partial charge in [0.15, 0.2) is 0 Å². The number of hydrogen-bond donors (Lipinski definition) is 1. The lowest BCUT2D eigenvalue weighted by Gasteiger charge is -2.02. The number of halogens is 1. The SMILES string of the molecule is Cc1cccc2c1c(Br)cn2CCN. The number of hydrogen-bond acceptors (Lipinski definition) is 1. The van der Waals surface area contributed by atoms with Crippen LogP contribution in [-0.4, -0.2) is 11.1 Å². The number of aryl methyl sites for hydroxylation is 1. The summed E-state index contributed by atoms with van der Waals surface area (Å²) in [4.78, 5) is 0. The van der Waals surface area contributed by atoms with Gasteiger partial charge in [-0.15, -0.1) is 0 Å². The summed E-state index contributed by atoms with van der Waals surface area (Å²) in [6.07, 6.45) is 2.10. The van der Waals surface area contributed by atoms with Gasteiger partial charge in [-0.1, -0.05) is 12.1 Å². The summed E-state index contributed by atoms with van der Waals surface area (Å²) >= 11 is 3.58. The zero-order chi connectivity index (χ0) is 10.1. The van der Waals surface area contributed by atoms with E-state index in [0.717, 1.165) is 11.0 Å². The number of fused-ring (bicyclic) bond motifs is 1. The zero-order valence-corrected chi connectivity index (χ0v) is 9.71. The highest BCUT2D eigenvalue weighted by Crippen LogP contribution is 2.28. The standard InChI is InChI=1S/C11H13BrN2/c1-8-3-2-4-10-11(8)9(12)7-14(10)6-5-13/h2-4,7H,5-6,13H2,1H3. The first-order chi connectivity index (χ1) is 6.74. The van der Waals surface area contributed by atoms with Crippen LogP contribution in [0.2, 0.25) is 0 Å². The summed E-state index contributed by atoms with van der Waals surface area (Å²) in [5.41, 5.74) is 8.11. The van der Waals surface area contributed by atoms with E-state index < -0.39 is 0 Å². The first kappa shape index (κ1) is 9.74. The van der Waals surface area contributed by atoms with Gasteiger partial charge < -0.3 is 10.3 Å². The summed E-state index contributed by atoms with van der Waals surface area (Å²) in [5.74, 6) is 0. The van der Waals surface area contributed by atoms with E-state index in [1.54, 1.807) is 0 Å². The molecule has 1 aromatic heterocycles. The second kappa shape index (κ2) is 3.75. The van der Waals surface area contributed by atoms with Gasteiger partial charge in [0.2, 0.25) is 0 Å². The third kappa shape index (κ3) is 1.47. The molecule has 0 saturated carbocycles. The fraction of sp³-hybridized carbons (Fsp3) is 0.273.